The Balaban J connectivity index is 1.47. The van der Waals surface area contributed by atoms with Crippen LogP contribution in [-0.2, 0) is 22.7 Å². The van der Waals surface area contributed by atoms with Gasteiger partial charge in [-0.2, -0.15) is 10.1 Å². The second-order valence-corrected chi connectivity index (χ2v) is 6.17. The third kappa shape index (κ3) is 6.14. The molecule has 0 aliphatic carbocycles. The van der Waals surface area contributed by atoms with Crippen LogP contribution in [0.5, 0.6) is 11.9 Å². The molecule has 0 atom stereocenters. The number of rotatable bonds is 10. The molecule has 0 unspecified atom stereocenters. The molecule has 9 nitrogen and oxygen atoms in total. The average molecular weight is 409 g/mol. The molecular formula is C21H23N5O4. The van der Waals surface area contributed by atoms with Gasteiger partial charge in [-0.1, -0.05) is 30.3 Å². The van der Waals surface area contributed by atoms with Gasteiger partial charge in [0.25, 0.3) is 0 Å². The van der Waals surface area contributed by atoms with Crippen molar-refractivity contribution in [3.05, 3.63) is 66.1 Å². The van der Waals surface area contributed by atoms with E-state index in [0.29, 0.717) is 36.9 Å². The fraction of sp³-hybridized carbons (Fsp3) is 0.238. The molecule has 9 heteroatoms. The Bertz CT molecular complexity index is 988. The summed E-state index contributed by atoms with van der Waals surface area (Å²) in [4.78, 5) is 20.2. The van der Waals surface area contributed by atoms with Gasteiger partial charge in [-0.05, 0) is 11.6 Å². The third-order valence-corrected chi connectivity index (χ3v) is 4.03. The Labute approximate surface area is 174 Å². The summed E-state index contributed by atoms with van der Waals surface area (Å²) >= 11 is 0. The largest absolute Gasteiger partial charge is 0.480 e. The topological polar surface area (TPSA) is 100 Å². The molecule has 0 saturated heterocycles. The van der Waals surface area contributed by atoms with E-state index in [1.165, 1.54) is 26.5 Å². The second-order valence-electron chi connectivity index (χ2n) is 6.17. The van der Waals surface area contributed by atoms with Crippen LogP contribution in [0.3, 0.4) is 0 Å². The molecule has 1 N–H and O–H groups in total. The van der Waals surface area contributed by atoms with Crippen LogP contribution in [0.1, 0.15) is 11.1 Å². The van der Waals surface area contributed by atoms with Crippen LogP contribution in [-0.4, -0.2) is 46.5 Å². The molecule has 1 aromatic carbocycles. The number of nitrogens with zero attached hydrogens (tertiary/aromatic N) is 4. The average Bonchev–Trinajstić information content (AvgIpc) is 3.23. The van der Waals surface area contributed by atoms with Crippen LogP contribution in [0.2, 0.25) is 0 Å². The van der Waals surface area contributed by atoms with Crippen LogP contribution in [0.25, 0.3) is 6.08 Å². The lowest BCUT2D eigenvalue weighted by Gasteiger charge is -2.05. The molecule has 0 aliphatic rings. The van der Waals surface area contributed by atoms with Crippen molar-refractivity contribution in [3.8, 4) is 11.9 Å². The maximum atomic E-state index is 12.2. The quantitative estimate of drug-likeness (QED) is 0.406. The highest BCUT2D eigenvalue weighted by Gasteiger charge is 2.07. The highest BCUT2D eigenvalue weighted by Crippen LogP contribution is 2.18. The summed E-state index contributed by atoms with van der Waals surface area (Å²) in [5.74, 6) is 0.00183. The van der Waals surface area contributed by atoms with Gasteiger partial charge in [-0.3, -0.25) is 9.48 Å². The number of hydrogen-bond acceptors (Lipinski definition) is 7. The first-order chi connectivity index (χ1) is 14.7. The fourth-order valence-corrected chi connectivity index (χ4v) is 2.56. The molecule has 2 heterocycles. The number of benzene rings is 1. The van der Waals surface area contributed by atoms with Crippen LogP contribution in [0.4, 0.5) is 5.69 Å². The molecule has 0 saturated carbocycles. The molecular weight excluding hydrogens is 386 g/mol. The van der Waals surface area contributed by atoms with E-state index in [0.717, 1.165) is 5.56 Å². The third-order valence-electron chi connectivity index (χ3n) is 4.03. The summed E-state index contributed by atoms with van der Waals surface area (Å²) in [6.45, 7) is 1.65. The lowest BCUT2D eigenvalue weighted by Crippen LogP contribution is -2.08. The van der Waals surface area contributed by atoms with Crippen LogP contribution < -0.4 is 14.8 Å². The van der Waals surface area contributed by atoms with Gasteiger partial charge in [0.1, 0.15) is 0 Å². The number of hydrogen-bond donors (Lipinski definition) is 1. The minimum Gasteiger partial charge on any atom is -0.480 e. The van der Waals surface area contributed by atoms with Gasteiger partial charge in [0.2, 0.25) is 11.8 Å². The maximum absolute atomic E-state index is 12.2. The van der Waals surface area contributed by atoms with Gasteiger partial charge in [-0.25, -0.2) is 4.98 Å². The van der Waals surface area contributed by atoms with E-state index in [1.54, 1.807) is 23.2 Å². The van der Waals surface area contributed by atoms with Gasteiger partial charge >= 0.3 is 6.01 Å². The van der Waals surface area contributed by atoms with Gasteiger partial charge in [0.15, 0.2) is 0 Å². The van der Waals surface area contributed by atoms with Crippen molar-refractivity contribution in [3.63, 3.8) is 0 Å². The van der Waals surface area contributed by atoms with Crippen LogP contribution in [0, 0.1) is 0 Å². The number of nitrogens with one attached hydrogen (secondary N) is 1. The summed E-state index contributed by atoms with van der Waals surface area (Å²) in [6, 6.07) is 10.2. The first-order valence-electron chi connectivity index (χ1n) is 9.26. The number of anilines is 1. The van der Waals surface area contributed by atoms with E-state index in [4.69, 9.17) is 14.2 Å². The Morgan fingerprint density at radius 1 is 1.17 bits per heavy atom. The predicted molar refractivity (Wildman–Crippen MR) is 111 cm³/mol. The maximum Gasteiger partial charge on any atom is 0.319 e. The Morgan fingerprint density at radius 2 is 2.00 bits per heavy atom. The van der Waals surface area contributed by atoms with Crippen molar-refractivity contribution in [1.29, 1.82) is 0 Å². The number of ether oxygens (including phenoxy) is 3. The molecule has 2 aromatic heterocycles. The zero-order valence-electron chi connectivity index (χ0n) is 16.8. The Morgan fingerprint density at radius 3 is 2.77 bits per heavy atom. The van der Waals surface area contributed by atoms with Gasteiger partial charge in [-0.15, -0.1) is 0 Å². The number of aromatic nitrogens is 4. The van der Waals surface area contributed by atoms with Crippen molar-refractivity contribution in [2.24, 2.45) is 0 Å². The van der Waals surface area contributed by atoms with Crippen molar-refractivity contribution >= 4 is 17.7 Å². The fourth-order valence-electron chi connectivity index (χ4n) is 2.56. The number of carbonyl (C=O) groups is 1. The molecule has 0 fully saturated rings. The van der Waals surface area contributed by atoms with Crippen molar-refractivity contribution in [2.45, 2.75) is 13.2 Å². The second kappa shape index (κ2) is 10.7. The Kier molecular flexibility index (Phi) is 7.51. The molecule has 0 radical (unpaired) electrons. The van der Waals surface area contributed by atoms with E-state index < -0.39 is 0 Å². The highest BCUT2D eigenvalue weighted by molar-refractivity contribution is 6.01. The zero-order valence-corrected chi connectivity index (χ0v) is 16.8. The number of methoxy groups -OCH3 is 2. The van der Waals surface area contributed by atoms with Gasteiger partial charge in [0.05, 0.1) is 51.4 Å². The molecule has 0 bridgehead atoms. The van der Waals surface area contributed by atoms with Gasteiger partial charge < -0.3 is 19.5 Å². The minimum atomic E-state index is -0.312. The Hall–Kier alpha value is -3.72. The van der Waals surface area contributed by atoms with Crippen molar-refractivity contribution in [1.82, 2.24) is 19.7 Å². The van der Waals surface area contributed by atoms with E-state index in [-0.39, 0.29) is 11.9 Å². The monoisotopic (exact) mass is 409 g/mol. The molecule has 3 rings (SSSR count). The lowest BCUT2D eigenvalue weighted by molar-refractivity contribution is -0.111. The summed E-state index contributed by atoms with van der Waals surface area (Å²) < 4.78 is 17.5. The van der Waals surface area contributed by atoms with E-state index in [9.17, 15) is 4.79 Å². The molecule has 3 aromatic rings. The summed E-state index contributed by atoms with van der Waals surface area (Å²) in [5, 5.41) is 6.98. The van der Waals surface area contributed by atoms with Crippen LogP contribution >= 0.6 is 0 Å². The molecule has 1 amide bonds. The predicted octanol–water partition coefficient (Wildman–Crippen LogP) is 2.56. The normalized spacial score (nSPS) is 10.9. The summed E-state index contributed by atoms with van der Waals surface area (Å²) in [6.07, 6.45) is 7.78. The lowest BCUT2D eigenvalue weighted by atomic mass is 10.2. The summed E-state index contributed by atoms with van der Waals surface area (Å²) in [7, 11) is 2.95. The molecule has 0 spiro atoms. The summed E-state index contributed by atoms with van der Waals surface area (Å²) in [5.41, 5.74) is 2.27. The van der Waals surface area contributed by atoms with Crippen molar-refractivity contribution < 1.29 is 19.0 Å². The minimum absolute atomic E-state index is 0.189. The highest BCUT2D eigenvalue weighted by atomic mass is 16.5. The van der Waals surface area contributed by atoms with Crippen LogP contribution in [0.15, 0.2) is 55.0 Å². The molecule has 30 heavy (non-hydrogen) atoms. The van der Waals surface area contributed by atoms with Crippen molar-refractivity contribution in [2.75, 3.05) is 26.1 Å². The number of amides is 1. The molecule has 0 aliphatic heterocycles. The first kappa shape index (κ1) is 21.0. The zero-order chi connectivity index (χ0) is 21.2. The number of carbonyl (C=O) groups excluding carboxylic acids is 1. The first-order valence-corrected chi connectivity index (χ1v) is 9.26. The smallest absolute Gasteiger partial charge is 0.319 e. The van der Waals surface area contributed by atoms with E-state index in [1.807, 2.05) is 30.3 Å². The standard InChI is InChI=1S/C21H23N5O4/c1-28-20-17(12-22-21(25-20)29-2)8-9-19(27)24-18-13-23-26(14-18)10-11-30-15-16-6-4-3-5-7-16/h3-9,12-14H,10-11,15H2,1-2H3,(H,24,27). The van der Waals surface area contributed by atoms with E-state index in [2.05, 4.69) is 20.4 Å². The van der Waals surface area contributed by atoms with Gasteiger partial charge in [0, 0.05) is 18.5 Å². The molecule has 156 valence electrons. The SMILES string of the molecule is COc1ncc(C=CC(=O)Nc2cnn(CCOCc3ccccc3)c2)c(OC)n1. The van der Waals surface area contributed by atoms with E-state index >= 15 is 0 Å².